The van der Waals surface area contributed by atoms with Gasteiger partial charge in [0.1, 0.15) is 0 Å². The van der Waals surface area contributed by atoms with Crippen molar-refractivity contribution in [2.45, 2.75) is 18.5 Å². The van der Waals surface area contributed by atoms with Gasteiger partial charge in [-0.1, -0.05) is 30.3 Å². The summed E-state index contributed by atoms with van der Waals surface area (Å²) in [5.41, 5.74) is 17.9. The van der Waals surface area contributed by atoms with Crippen molar-refractivity contribution in [3.8, 4) is 22.3 Å². The molecule has 4 aromatic rings. The van der Waals surface area contributed by atoms with E-state index in [4.69, 9.17) is 22.9 Å². The summed E-state index contributed by atoms with van der Waals surface area (Å²) in [7, 11) is 0. The fraction of sp³-hybridized carbons (Fsp3) is 0.111. The molecule has 0 aliphatic rings. The molecule has 4 rings (SSSR count). The molecule has 8 N–H and O–H groups in total. The average molecular weight is 572 g/mol. The molecule has 0 saturated heterocycles. The zero-order valence-corrected chi connectivity index (χ0v) is 20.2. The second kappa shape index (κ2) is 10.9. The lowest BCUT2D eigenvalue weighted by molar-refractivity contribution is -0.139. The Balaban J connectivity index is 0.000000225. The highest BCUT2D eigenvalue weighted by atomic mass is 19.4. The Morgan fingerprint density at radius 3 is 0.950 bits per heavy atom. The van der Waals surface area contributed by atoms with Crippen molar-refractivity contribution in [2.75, 3.05) is 22.9 Å². The van der Waals surface area contributed by atoms with E-state index in [1.807, 2.05) is 0 Å². The van der Waals surface area contributed by atoms with Gasteiger partial charge in [0.15, 0.2) is 0 Å². The summed E-state index contributed by atoms with van der Waals surface area (Å²) in [6, 6.07) is 15.2. The van der Waals surface area contributed by atoms with Gasteiger partial charge in [0, 0.05) is 22.7 Å². The molecule has 0 heterocycles. The van der Waals surface area contributed by atoms with Gasteiger partial charge in [-0.25, -0.2) is 0 Å². The maximum absolute atomic E-state index is 13.1. The molecule has 0 saturated carbocycles. The molecular weight excluding hydrogens is 551 g/mol. The lowest BCUT2D eigenvalue weighted by Crippen LogP contribution is -2.12. The standard InChI is InChI=1S/C14H10F6N2.C13H11F3N2/c15-13(16,17)11-5-7(21)1-3-9(11)10-4-2-8(22)6-12(10)14(18,19)20;14-13(15,16)12-7-10(18)5-6-11(12)8-1-3-9(17)4-2-8/h1-6H,21-22H2;1-7H,17-18H2. The largest absolute Gasteiger partial charge is 0.417 e. The van der Waals surface area contributed by atoms with Crippen LogP contribution >= 0.6 is 0 Å². The van der Waals surface area contributed by atoms with Crippen LogP contribution < -0.4 is 22.9 Å². The number of benzene rings is 4. The van der Waals surface area contributed by atoms with Gasteiger partial charge in [-0.15, -0.1) is 0 Å². The molecule has 4 nitrogen and oxygen atoms in total. The van der Waals surface area contributed by atoms with Gasteiger partial charge in [-0.2, -0.15) is 39.5 Å². The number of hydrogen-bond donors (Lipinski definition) is 4. The zero-order valence-electron chi connectivity index (χ0n) is 20.2. The molecule has 0 fully saturated rings. The third-order valence-corrected chi connectivity index (χ3v) is 5.56. The number of halogens is 9. The Bertz CT molecular complexity index is 1430. The molecule has 0 radical (unpaired) electrons. The van der Waals surface area contributed by atoms with Crippen LogP contribution in [0.2, 0.25) is 0 Å². The second-order valence-corrected chi connectivity index (χ2v) is 8.53. The summed E-state index contributed by atoms with van der Waals surface area (Å²) in [6.45, 7) is 0. The number of rotatable bonds is 2. The van der Waals surface area contributed by atoms with E-state index in [9.17, 15) is 39.5 Å². The van der Waals surface area contributed by atoms with E-state index in [-0.39, 0.29) is 22.6 Å². The molecule has 212 valence electrons. The van der Waals surface area contributed by atoms with Crippen molar-refractivity contribution in [3.63, 3.8) is 0 Å². The Morgan fingerprint density at radius 1 is 0.350 bits per heavy atom. The molecule has 0 bridgehead atoms. The predicted molar refractivity (Wildman–Crippen MR) is 136 cm³/mol. The van der Waals surface area contributed by atoms with E-state index in [0.717, 1.165) is 30.3 Å². The molecule has 0 aliphatic heterocycles. The number of nitrogen functional groups attached to an aromatic ring is 4. The van der Waals surface area contributed by atoms with Crippen LogP contribution in [0.3, 0.4) is 0 Å². The SMILES string of the molecule is Nc1ccc(-c2ccc(N)cc2C(F)(F)F)c(C(F)(F)F)c1.Nc1ccc(-c2ccc(N)cc2C(F)(F)F)cc1. The molecule has 0 amide bonds. The first-order valence-electron chi connectivity index (χ1n) is 11.1. The molecule has 0 atom stereocenters. The summed E-state index contributed by atoms with van der Waals surface area (Å²) < 4.78 is 117. The number of anilines is 4. The van der Waals surface area contributed by atoms with Gasteiger partial charge >= 0.3 is 18.5 Å². The van der Waals surface area contributed by atoms with Gasteiger partial charge in [-0.3, -0.25) is 0 Å². The van der Waals surface area contributed by atoms with Crippen molar-refractivity contribution in [2.24, 2.45) is 0 Å². The Kier molecular flexibility index (Phi) is 8.18. The van der Waals surface area contributed by atoms with Crippen molar-refractivity contribution in [1.82, 2.24) is 0 Å². The molecule has 4 aromatic carbocycles. The van der Waals surface area contributed by atoms with Crippen LogP contribution in [0.25, 0.3) is 22.3 Å². The smallest absolute Gasteiger partial charge is 0.399 e. The minimum absolute atomic E-state index is 0.0847. The van der Waals surface area contributed by atoms with Crippen LogP contribution in [0.4, 0.5) is 62.3 Å². The minimum Gasteiger partial charge on any atom is -0.399 e. The maximum Gasteiger partial charge on any atom is 0.417 e. The van der Waals surface area contributed by atoms with Crippen LogP contribution in [0.15, 0.2) is 78.9 Å². The van der Waals surface area contributed by atoms with Crippen LogP contribution in [0.1, 0.15) is 16.7 Å². The Morgan fingerprint density at radius 2 is 0.625 bits per heavy atom. The quantitative estimate of drug-likeness (QED) is 0.144. The van der Waals surface area contributed by atoms with E-state index in [2.05, 4.69) is 0 Å². The van der Waals surface area contributed by atoms with E-state index >= 15 is 0 Å². The van der Waals surface area contributed by atoms with E-state index in [1.165, 1.54) is 12.1 Å². The van der Waals surface area contributed by atoms with Gasteiger partial charge in [0.05, 0.1) is 16.7 Å². The van der Waals surface area contributed by atoms with E-state index < -0.39 is 46.3 Å². The summed E-state index contributed by atoms with van der Waals surface area (Å²) in [6.07, 6.45) is -14.1. The van der Waals surface area contributed by atoms with Crippen LogP contribution in [0.5, 0.6) is 0 Å². The molecule has 0 unspecified atom stereocenters. The number of nitrogens with two attached hydrogens (primary N) is 4. The van der Waals surface area contributed by atoms with Gasteiger partial charge in [-0.05, 0) is 70.8 Å². The molecular formula is C27H21F9N4. The van der Waals surface area contributed by atoms with Gasteiger partial charge in [0.25, 0.3) is 0 Å². The minimum atomic E-state index is -4.84. The third-order valence-electron chi connectivity index (χ3n) is 5.56. The molecule has 0 aromatic heterocycles. The zero-order chi connectivity index (χ0) is 30.0. The monoisotopic (exact) mass is 572 g/mol. The first kappa shape index (κ1) is 30.0. The van der Waals surface area contributed by atoms with Crippen molar-refractivity contribution in [3.05, 3.63) is 95.6 Å². The normalized spacial score (nSPS) is 12.0. The number of alkyl halides is 9. The molecule has 0 aliphatic carbocycles. The highest BCUT2D eigenvalue weighted by Crippen LogP contribution is 2.44. The molecule has 40 heavy (non-hydrogen) atoms. The van der Waals surface area contributed by atoms with E-state index in [1.54, 1.807) is 24.3 Å². The Labute approximate surface area is 222 Å². The van der Waals surface area contributed by atoms with Crippen molar-refractivity contribution < 1.29 is 39.5 Å². The summed E-state index contributed by atoms with van der Waals surface area (Å²) >= 11 is 0. The fourth-order valence-electron chi connectivity index (χ4n) is 3.77. The van der Waals surface area contributed by atoms with Crippen molar-refractivity contribution in [1.29, 1.82) is 0 Å². The maximum atomic E-state index is 13.1. The summed E-state index contributed by atoms with van der Waals surface area (Å²) in [4.78, 5) is 0. The Hall–Kier alpha value is -4.55. The molecule has 0 spiro atoms. The fourth-order valence-corrected chi connectivity index (χ4v) is 3.77. The second-order valence-electron chi connectivity index (χ2n) is 8.53. The van der Waals surface area contributed by atoms with Gasteiger partial charge < -0.3 is 22.9 Å². The highest BCUT2D eigenvalue weighted by molar-refractivity contribution is 5.75. The number of hydrogen-bond acceptors (Lipinski definition) is 4. The predicted octanol–water partition coefficient (Wildman–Crippen LogP) is 8.09. The van der Waals surface area contributed by atoms with Gasteiger partial charge in [0.2, 0.25) is 0 Å². The lowest BCUT2D eigenvalue weighted by atomic mass is 9.94. The topological polar surface area (TPSA) is 104 Å². The first-order valence-corrected chi connectivity index (χ1v) is 11.1. The van der Waals surface area contributed by atoms with Crippen LogP contribution in [0, 0.1) is 0 Å². The lowest BCUT2D eigenvalue weighted by Gasteiger charge is -2.18. The van der Waals surface area contributed by atoms with Crippen LogP contribution in [-0.4, -0.2) is 0 Å². The average Bonchev–Trinajstić information content (AvgIpc) is 2.83. The van der Waals surface area contributed by atoms with E-state index in [0.29, 0.717) is 23.4 Å². The highest BCUT2D eigenvalue weighted by Gasteiger charge is 2.38. The third kappa shape index (κ3) is 7.10. The van der Waals surface area contributed by atoms with Crippen LogP contribution in [-0.2, 0) is 18.5 Å². The van der Waals surface area contributed by atoms with Crippen molar-refractivity contribution >= 4 is 22.7 Å². The first-order chi connectivity index (χ1) is 18.4. The summed E-state index contributed by atoms with van der Waals surface area (Å²) in [5.74, 6) is 0. The molecule has 13 heteroatoms. The summed E-state index contributed by atoms with van der Waals surface area (Å²) in [5, 5.41) is 0.